The van der Waals surface area contributed by atoms with Crippen molar-refractivity contribution in [3.63, 3.8) is 0 Å². The van der Waals surface area contributed by atoms with Gasteiger partial charge in [0, 0.05) is 18.8 Å². The first-order valence-corrected chi connectivity index (χ1v) is 5.90. The molecule has 1 aromatic rings. The normalized spacial score (nSPS) is 17.5. The van der Waals surface area contributed by atoms with Gasteiger partial charge < -0.3 is 4.90 Å². The van der Waals surface area contributed by atoms with Gasteiger partial charge in [0.1, 0.15) is 5.69 Å². The fourth-order valence-corrected chi connectivity index (χ4v) is 2.04. The fraction of sp³-hybridized carbons (Fsp3) is 0.538. The molecule has 2 heterocycles. The molecule has 0 unspecified atom stereocenters. The van der Waals surface area contributed by atoms with E-state index in [1.54, 1.807) is 6.07 Å². The van der Waals surface area contributed by atoms with Crippen LogP contribution in [0.3, 0.4) is 0 Å². The lowest BCUT2D eigenvalue weighted by Crippen LogP contribution is -2.38. The number of aromatic nitrogens is 1. The average molecular weight is 218 g/mol. The minimum absolute atomic E-state index is 0.0793. The van der Waals surface area contributed by atoms with Crippen molar-refractivity contribution in [3.05, 3.63) is 29.6 Å². The van der Waals surface area contributed by atoms with Crippen LogP contribution in [0.5, 0.6) is 0 Å². The van der Waals surface area contributed by atoms with E-state index >= 15 is 0 Å². The Hall–Kier alpha value is -1.38. The highest BCUT2D eigenvalue weighted by atomic mass is 16.2. The number of carbonyl (C=O) groups is 1. The Balaban J connectivity index is 2.08. The Morgan fingerprint density at radius 3 is 2.69 bits per heavy atom. The van der Waals surface area contributed by atoms with Crippen LogP contribution >= 0.6 is 0 Å². The maximum absolute atomic E-state index is 12.1. The molecule has 1 fully saturated rings. The van der Waals surface area contributed by atoms with Crippen LogP contribution in [0.25, 0.3) is 0 Å². The first-order chi connectivity index (χ1) is 7.66. The zero-order chi connectivity index (χ0) is 11.5. The van der Waals surface area contributed by atoms with E-state index in [0.29, 0.717) is 5.69 Å². The van der Waals surface area contributed by atoms with Crippen molar-refractivity contribution in [1.82, 2.24) is 9.88 Å². The van der Waals surface area contributed by atoms with Crippen LogP contribution in [-0.2, 0) is 0 Å². The number of carbonyl (C=O) groups excluding carboxylic acids is 1. The van der Waals surface area contributed by atoms with E-state index in [9.17, 15) is 4.79 Å². The molecule has 1 aliphatic rings. The molecule has 1 aliphatic heterocycles. The van der Waals surface area contributed by atoms with Crippen LogP contribution < -0.4 is 0 Å². The second-order valence-corrected chi connectivity index (χ2v) is 4.64. The van der Waals surface area contributed by atoms with Gasteiger partial charge in [-0.1, -0.05) is 13.0 Å². The Morgan fingerprint density at radius 1 is 1.38 bits per heavy atom. The Kier molecular flexibility index (Phi) is 3.22. The van der Waals surface area contributed by atoms with Crippen LogP contribution in [0.2, 0.25) is 0 Å². The van der Waals surface area contributed by atoms with E-state index in [1.165, 1.54) is 0 Å². The third kappa shape index (κ3) is 2.40. The van der Waals surface area contributed by atoms with Gasteiger partial charge in [0.2, 0.25) is 0 Å². The number of piperidine rings is 1. The summed E-state index contributed by atoms with van der Waals surface area (Å²) < 4.78 is 0. The summed E-state index contributed by atoms with van der Waals surface area (Å²) in [5, 5.41) is 0. The van der Waals surface area contributed by atoms with Crippen LogP contribution in [0.1, 0.15) is 35.9 Å². The lowest BCUT2D eigenvalue weighted by atomic mass is 9.99. The lowest BCUT2D eigenvalue weighted by Gasteiger charge is -2.30. The molecule has 0 N–H and O–H groups in total. The molecule has 3 heteroatoms. The van der Waals surface area contributed by atoms with E-state index < -0.39 is 0 Å². The summed E-state index contributed by atoms with van der Waals surface area (Å²) in [6.45, 7) is 5.90. The van der Waals surface area contributed by atoms with Crippen molar-refractivity contribution in [2.45, 2.75) is 26.7 Å². The first-order valence-electron chi connectivity index (χ1n) is 5.90. The van der Waals surface area contributed by atoms with E-state index in [-0.39, 0.29) is 5.91 Å². The Labute approximate surface area is 96.5 Å². The number of rotatable bonds is 1. The third-order valence-corrected chi connectivity index (χ3v) is 3.18. The van der Waals surface area contributed by atoms with Gasteiger partial charge in [0.15, 0.2) is 0 Å². The number of pyridine rings is 1. The standard InChI is InChI=1S/C13H18N2O/c1-10-6-8-15(9-7-10)13(16)12-5-3-4-11(2)14-12/h3-5,10H,6-9H2,1-2H3. The molecule has 86 valence electrons. The zero-order valence-corrected chi connectivity index (χ0v) is 9.94. The highest BCUT2D eigenvalue weighted by Crippen LogP contribution is 2.17. The lowest BCUT2D eigenvalue weighted by molar-refractivity contribution is 0.0691. The van der Waals surface area contributed by atoms with Crippen molar-refractivity contribution in [1.29, 1.82) is 0 Å². The average Bonchev–Trinajstić information content (AvgIpc) is 2.29. The van der Waals surface area contributed by atoms with Gasteiger partial charge in [0.25, 0.3) is 5.91 Å². The molecule has 0 spiro atoms. The van der Waals surface area contributed by atoms with Gasteiger partial charge in [0.05, 0.1) is 0 Å². The molecule has 1 saturated heterocycles. The predicted octanol–water partition coefficient (Wildman–Crippen LogP) is 2.26. The molecular formula is C13H18N2O. The Morgan fingerprint density at radius 2 is 2.06 bits per heavy atom. The molecule has 16 heavy (non-hydrogen) atoms. The smallest absolute Gasteiger partial charge is 0.272 e. The van der Waals surface area contributed by atoms with E-state index in [4.69, 9.17) is 0 Å². The molecule has 0 radical (unpaired) electrons. The van der Waals surface area contributed by atoms with E-state index in [0.717, 1.165) is 37.5 Å². The van der Waals surface area contributed by atoms with Gasteiger partial charge in [-0.15, -0.1) is 0 Å². The summed E-state index contributed by atoms with van der Waals surface area (Å²) in [5.74, 6) is 0.824. The minimum Gasteiger partial charge on any atom is -0.337 e. The highest BCUT2D eigenvalue weighted by Gasteiger charge is 2.21. The molecule has 0 bridgehead atoms. The van der Waals surface area contributed by atoms with Crippen LogP contribution in [0.15, 0.2) is 18.2 Å². The molecule has 0 atom stereocenters. The van der Waals surface area contributed by atoms with Gasteiger partial charge in [-0.2, -0.15) is 0 Å². The fourth-order valence-electron chi connectivity index (χ4n) is 2.04. The second-order valence-electron chi connectivity index (χ2n) is 4.64. The van der Waals surface area contributed by atoms with E-state index in [1.807, 2.05) is 24.0 Å². The summed E-state index contributed by atoms with van der Waals surface area (Å²) in [4.78, 5) is 18.3. The maximum Gasteiger partial charge on any atom is 0.272 e. The first kappa shape index (κ1) is 11.1. The topological polar surface area (TPSA) is 33.2 Å². The highest BCUT2D eigenvalue weighted by molar-refractivity contribution is 5.92. The molecule has 1 amide bonds. The van der Waals surface area contributed by atoms with Gasteiger partial charge in [-0.25, -0.2) is 4.98 Å². The summed E-state index contributed by atoms with van der Waals surface area (Å²) in [5.41, 5.74) is 1.48. The molecule has 0 aliphatic carbocycles. The van der Waals surface area contributed by atoms with Crippen LogP contribution in [0.4, 0.5) is 0 Å². The van der Waals surface area contributed by atoms with E-state index in [2.05, 4.69) is 11.9 Å². The largest absolute Gasteiger partial charge is 0.337 e. The summed E-state index contributed by atoms with van der Waals surface area (Å²) in [6.07, 6.45) is 2.22. The van der Waals surface area contributed by atoms with Crippen molar-refractivity contribution < 1.29 is 4.79 Å². The monoisotopic (exact) mass is 218 g/mol. The number of aryl methyl sites for hydroxylation is 1. The molecule has 2 rings (SSSR count). The Bertz CT molecular complexity index is 381. The summed E-state index contributed by atoms with van der Waals surface area (Å²) in [6, 6.07) is 5.60. The summed E-state index contributed by atoms with van der Waals surface area (Å²) in [7, 11) is 0. The second kappa shape index (κ2) is 4.64. The quantitative estimate of drug-likeness (QED) is 0.724. The van der Waals surface area contributed by atoms with Crippen molar-refractivity contribution in [3.8, 4) is 0 Å². The third-order valence-electron chi connectivity index (χ3n) is 3.18. The zero-order valence-electron chi connectivity index (χ0n) is 9.94. The molecular weight excluding hydrogens is 200 g/mol. The van der Waals surface area contributed by atoms with Gasteiger partial charge in [-0.05, 0) is 37.8 Å². The van der Waals surface area contributed by atoms with Crippen LogP contribution in [-0.4, -0.2) is 28.9 Å². The van der Waals surface area contributed by atoms with Crippen molar-refractivity contribution in [2.75, 3.05) is 13.1 Å². The van der Waals surface area contributed by atoms with Gasteiger partial charge in [-0.3, -0.25) is 4.79 Å². The van der Waals surface area contributed by atoms with Crippen molar-refractivity contribution in [2.24, 2.45) is 5.92 Å². The predicted molar refractivity (Wildman–Crippen MR) is 63.3 cm³/mol. The number of amides is 1. The van der Waals surface area contributed by atoms with Crippen molar-refractivity contribution >= 4 is 5.91 Å². The molecule has 1 aromatic heterocycles. The molecule has 0 aromatic carbocycles. The summed E-state index contributed by atoms with van der Waals surface area (Å²) >= 11 is 0. The number of likely N-dealkylation sites (tertiary alicyclic amines) is 1. The SMILES string of the molecule is Cc1cccc(C(=O)N2CCC(C)CC2)n1. The maximum atomic E-state index is 12.1. The molecule has 3 nitrogen and oxygen atoms in total. The molecule has 0 saturated carbocycles. The number of nitrogens with zero attached hydrogens (tertiary/aromatic N) is 2. The minimum atomic E-state index is 0.0793. The van der Waals surface area contributed by atoms with Crippen LogP contribution in [0, 0.1) is 12.8 Å². The van der Waals surface area contributed by atoms with Gasteiger partial charge >= 0.3 is 0 Å². The number of hydrogen-bond acceptors (Lipinski definition) is 2. The number of hydrogen-bond donors (Lipinski definition) is 0.